The highest BCUT2D eigenvalue weighted by molar-refractivity contribution is 7.71. The van der Waals surface area contributed by atoms with Crippen LogP contribution in [0.4, 0.5) is 0 Å². The van der Waals surface area contributed by atoms with E-state index in [0.29, 0.717) is 23.7 Å². The van der Waals surface area contributed by atoms with Crippen molar-refractivity contribution >= 4 is 18.1 Å². The molecule has 102 valence electrons. The van der Waals surface area contributed by atoms with Crippen molar-refractivity contribution in [2.24, 2.45) is 0 Å². The molecule has 0 aliphatic rings. The van der Waals surface area contributed by atoms with Crippen molar-refractivity contribution in [2.75, 3.05) is 0 Å². The van der Waals surface area contributed by atoms with E-state index in [2.05, 4.69) is 31.1 Å². The molecule has 0 radical (unpaired) electrons. The highest BCUT2D eigenvalue weighted by Crippen LogP contribution is 2.14. The van der Waals surface area contributed by atoms with Crippen molar-refractivity contribution in [2.45, 2.75) is 59.0 Å². The fourth-order valence-electron chi connectivity index (χ4n) is 1.78. The summed E-state index contributed by atoms with van der Waals surface area (Å²) < 4.78 is 2.70. The minimum atomic E-state index is 0.0853. The Kier molecular flexibility index (Phi) is 5.59. The number of rotatable bonds is 6. The van der Waals surface area contributed by atoms with Crippen LogP contribution in [0.2, 0.25) is 0 Å². The summed E-state index contributed by atoms with van der Waals surface area (Å²) >= 11 is 5.23. The van der Waals surface area contributed by atoms with Gasteiger partial charge in [-0.2, -0.15) is 0 Å². The van der Waals surface area contributed by atoms with E-state index in [-0.39, 0.29) is 11.9 Å². The highest BCUT2D eigenvalue weighted by Gasteiger charge is 2.10. The summed E-state index contributed by atoms with van der Waals surface area (Å²) in [5.74, 6) is 0.484. The van der Waals surface area contributed by atoms with Gasteiger partial charge in [0.1, 0.15) is 0 Å². The summed E-state index contributed by atoms with van der Waals surface area (Å²) in [7, 11) is 0. The number of aromatic amines is 1. The van der Waals surface area contributed by atoms with Crippen LogP contribution in [-0.4, -0.2) is 21.5 Å². The molecule has 1 atom stereocenters. The van der Waals surface area contributed by atoms with Gasteiger partial charge in [0, 0.05) is 30.9 Å². The number of nitrogens with zero attached hydrogens (tertiary/aromatic N) is 1. The molecule has 5 heteroatoms. The Hall–Kier alpha value is -1.10. The molecule has 1 aromatic rings. The largest absolute Gasteiger partial charge is 0.354 e. The summed E-state index contributed by atoms with van der Waals surface area (Å²) in [6, 6.07) is 0.237. The predicted octanol–water partition coefficient (Wildman–Crippen LogP) is 2.97. The minimum Gasteiger partial charge on any atom is -0.354 e. The van der Waals surface area contributed by atoms with Gasteiger partial charge in [-0.1, -0.05) is 20.8 Å². The molecule has 1 unspecified atom stereocenters. The van der Waals surface area contributed by atoms with E-state index in [1.165, 1.54) is 0 Å². The third-order valence-corrected chi connectivity index (χ3v) is 3.41. The molecule has 1 heterocycles. The average molecular weight is 269 g/mol. The van der Waals surface area contributed by atoms with Crippen LogP contribution in [0.3, 0.4) is 0 Å². The van der Waals surface area contributed by atoms with Gasteiger partial charge in [-0.3, -0.25) is 4.79 Å². The third kappa shape index (κ3) is 3.98. The van der Waals surface area contributed by atoms with E-state index in [1.807, 2.05) is 17.7 Å². The summed E-state index contributed by atoms with van der Waals surface area (Å²) in [6.45, 7) is 8.95. The van der Waals surface area contributed by atoms with Gasteiger partial charge in [-0.15, -0.1) is 0 Å². The summed E-state index contributed by atoms with van der Waals surface area (Å²) in [6.07, 6.45) is 3.35. The monoisotopic (exact) mass is 269 g/mol. The maximum Gasteiger partial charge on any atom is 0.222 e. The van der Waals surface area contributed by atoms with Gasteiger partial charge in [0.15, 0.2) is 4.77 Å². The van der Waals surface area contributed by atoms with Crippen LogP contribution >= 0.6 is 12.2 Å². The number of hydrogen-bond acceptors (Lipinski definition) is 2. The van der Waals surface area contributed by atoms with Crippen LogP contribution in [0.1, 0.15) is 52.1 Å². The Balaban J connectivity index is 2.61. The number of H-pyrrole nitrogens is 1. The van der Waals surface area contributed by atoms with Crippen LogP contribution in [0.15, 0.2) is 6.20 Å². The molecule has 0 spiro atoms. The number of aromatic nitrogens is 2. The lowest BCUT2D eigenvalue weighted by Gasteiger charge is -2.13. The maximum absolute atomic E-state index is 11.7. The van der Waals surface area contributed by atoms with Crippen LogP contribution in [0.5, 0.6) is 0 Å². The molecule has 1 amide bonds. The quantitative estimate of drug-likeness (QED) is 0.780. The number of carbonyl (C=O) groups excluding carboxylic acids is 1. The Morgan fingerprint density at radius 3 is 2.72 bits per heavy atom. The predicted molar refractivity (Wildman–Crippen MR) is 76.2 cm³/mol. The first-order valence-electron chi connectivity index (χ1n) is 6.53. The lowest BCUT2D eigenvalue weighted by Crippen LogP contribution is -2.32. The number of imidazole rings is 1. The summed E-state index contributed by atoms with van der Waals surface area (Å²) in [5.41, 5.74) is 1.15. The van der Waals surface area contributed by atoms with Crippen LogP contribution in [0, 0.1) is 4.77 Å². The molecule has 0 bridgehead atoms. The van der Waals surface area contributed by atoms with Crippen molar-refractivity contribution in [1.82, 2.24) is 14.9 Å². The SMILES string of the molecule is CCC(C)NC(=O)CCn1c(C(C)C)c[nH]c1=S. The topological polar surface area (TPSA) is 49.8 Å². The molecule has 1 aromatic heterocycles. The van der Waals surface area contributed by atoms with Crippen molar-refractivity contribution in [3.8, 4) is 0 Å². The van der Waals surface area contributed by atoms with Crippen molar-refractivity contribution in [1.29, 1.82) is 0 Å². The van der Waals surface area contributed by atoms with E-state index in [0.717, 1.165) is 12.1 Å². The van der Waals surface area contributed by atoms with Crippen molar-refractivity contribution < 1.29 is 4.79 Å². The molecule has 0 saturated carbocycles. The normalized spacial score (nSPS) is 12.7. The second kappa shape index (κ2) is 6.73. The first-order chi connectivity index (χ1) is 8.45. The summed E-state index contributed by atoms with van der Waals surface area (Å²) in [5, 5.41) is 2.96. The summed E-state index contributed by atoms with van der Waals surface area (Å²) in [4.78, 5) is 14.8. The van der Waals surface area contributed by atoms with Gasteiger partial charge in [-0.05, 0) is 31.5 Å². The maximum atomic E-state index is 11.7. The molecule has 1 rings (SSSR count). The Morgan fingerprint density at radius 2 is 2.17 bits per heavy atom. The van der Waals surface area contributed by atoms with Crippen LogP contribution in [0.25, 0.3) is 0 Å². The fraction of sp³-hybridized carbons (Fsp3) is 0.692. The van der Waals surface area contributed by atoms with Gasteiger partial charge in [-0.25, -0.2) is 0 Å². The zero-order valence-electron chi connectivity index (χ0n) is 11.6. The van der Waals surface area contributed by atoms with Gasteiger partial charge in [0.25, 0.3) is 0 Å². The van der Waals surface area contributed by atoms with Gasteiger partial charge in [0.05, 0.1) is 0 Å². The Morgan fingerprint density at radius 1 is 1.50 bits per heavy atom. The Labute approximate surface area is 114 Å². The second-order valence-corrected chi connectivity index (χ2v) is 5.34. The van der Waals surface area contributed by atoms with Crippen molar-refractivity contribution in [3.05, 3.63) is 16.7 Å². The van der Waals surface area contributed by atoms with Crippen LogP contribution < -0.4 is 5.32 Å². The van der Waals surface area contributed by atoms with Crippen molar-refractivity contribution in [3.63, 3.8) is 0 Å². The van der Waals surface area contributed by atoms with Gasteiger partial charge < -0.3 is 14.9 Å². The zero-order valence-corrected chi connectivity index (χ0v) is 12.4. The standard InChI is InChI=1S/C13H23N3OS/c1-5-10(4)15-12(17)6-7-16-11(9(2)3)8-14-13(16)18/h8-10H,5-7H2,1-4H3,(H,14,18)(H,15,17). The van der Waals surface area contributed by atoms with Gasteiger partial charge in [0.2, 0.25) is 5.91 Å². The Bertz CT molecular complexity index is 447. The smallest absolute Gasteiger partial charge is 0.222 e. The zero-order chi connectivity index (χ0) is 13.7. The number of hydrogen-bond donors (Lipinski definition) is 2. The number of carbonyl (C=O) groups is 1. The molecule has 2 N–H and O–H groups in total. The highest BCUT2D eigenvalue weighted by atomic mass is 32.1. The fourth-order valence-corrected chi connectivity index (χ4v) is 2.04. The molecule has 18 heavy (non-hydrogen) atoms. The first kappa shape index (κ1) is 15.0. The third-order valence-electron chi connectivity index (χ3n) is 3.07. The minimum absolute atomic E-state index is 0.0853. The molecule has 0 aromatic carbocycles. The lowest BCUT2D eigenvalue weighted by molar-refractivity contribution is -0.121. The van der Waals surface area contributed by atoms with E-state index in [9.17, 15) is 4.79 Å². The molecule has 0 saturated heterocycles. The molecular formula is C13H23N3OS. The second-order valence-electron chi connectivity index (χ2n) is 4.95. The molecular weight excluding hydrogens is 246 g/mol. The molecule has 0 fully saturated rings. The molecule has 0 aliphatic carbocycles. The van der Waals surface area contributed by atoms with E-state index < -0.39 is 0 Å². The molecule has 0 aliphatic heterocycles. The number of nitrogens with one attached hydrogen (secondary N) is 2. The number of amides is 1. The lowest BCUT2D eigenvalue weighted by atomic mass is 10.1. The van der Waals surface area contributed by atoms with E-state index in [1.54, 1.807) is 0 Å². The average Bonchev–Trinajstić information content (AvgIpc) is 2.68. The first-order valence-corrected chi connectivity index (χ1v) is 6.94. The van der Waals surface area contributed by atoms with E-state index >= 15 is 0 Å². The molecule has 4 nitrogen and oxygen atoms in total. The van der Waals surface area contributed by atoms with E-state index in [4.69, 9.17) is 12.2 Å². The van der Waals surface area contributed by atoms with Gasteiger partial charge >= 0.3 is 0 Å². The van der Waals surface area contributed by atoms with Crippen LogP contribution in [-0.2, 0) is 11.3 Å².